The molecule has 0 fully saturated rings. The lowest BCUT2D eigenvalue weighted by molar-refractivity contribution is -0.121. The number of carbonyl (C=O) groups excluding carboxylic acids is 2. The number of ether oxygens (including phenoxy) is 2. The van der Waals surface area contributed by atoms with Crippen molar-refractivity contribution in [1.29, 1.82) is 0 Å². The third kappa shape index (κ3) is 5.88. The van der Waals surface area contributed by atoms with E-state index >= 15 is 0 Å². The predicted molar refractivity (Wildman–Crippen MR) is 106 cm³/mol. The summed E-state index contributed by atoms with van der Waals surface area (Å²) in [5.74, 6) is 0.607. The third-order valence-corrected chi connectivity index (χ3v) is 3.97. The van der Waals surface area contributed by atoms with Crippen molar-refractivity contribution in [2.45, 2.75) is 13.8 Å². The van der Waals surface area contributed by atoms with Crippen LogP contribution in [0.5, 0.6) is 11.5 Å². The first-order valence-corrected chi connectivity index (χ1v) is 8.48. The van der Waals surface area contributed by atoms with Crippen LogP contribution in [0.4, 0.5) is 5.69 Å². The zero-order chi connectivity index (χ0) is 19.8. The van der Waals surface area contributed by atoms with Crippen molar-refractivity contribution in [3.05, 3.63) is 59.2 Å². The molecule has 6 heteroatoms. The maximum absolute atomic E-state index is 12.1. The van der Waals surface area contributed by atoms with Gasteiger partial charge in [0.15, 0.2) is 0 Å². The number of aryl methyl sites for hydroxylation is 2. The van der Waals surface area contributed by atoms with Crippen molar-refractivity contribution < 1.29 is 19.1 Å². The summed E-state index contributed by atoms with van der Waals surface area (Å²) >= 11 is 0. The van der Waals surface area contributed by atoms with Crippen LogP contribution in [0, 0.1) is 13.8 Å². The highest BCUT2D eigenvalue weighted by Gasteiger charge is 2.08. The van der Waals surface area contributed by atoms with Crippen LogP contribution in [0.1, 0.15) is 16.7 Å². The van der Waals surface area contributed by atoms with Crippen molar-refractivity contribution >= 4 is 23.6 Å². The Morgan fingerprint density at radius 2 is 1.59 bits per heavy atom. The molecule has 6 nitrogen and oxygen atoms in total. The number of hydrogen-bond acceptors (Lipinski definition) is 4. The Bertz CT molecular complexity index is 817. The van der Waals surface area contributed by atoms with Crippen molar-refractivity contribution in [3.63, 3.8) is 0 Å². The molecule has 0 spiro atoms. The zero-order valence-corrected chi connectivity index (χ0v) is 16.0. The van der Waals surface area contributed by atoms with Gasteiger partial charge in [0.2, 0.25) is 11.8 Å². The Morgan fingerprint density at radius 1 is 1.00 bits per heavy atom. The summed E-state index contributed by atoms with van der Waals surface area (Å²) in [6.07, 6.45) is 2.99. The van der Waals surface area contributed by atoms with Gasteiger partial charge in [-0.15, -0.1) is 0 Å². The molecule has 0 saturated carbocycles. The number of hydrogen-bond donors (Lipinski definition) is 2. The van der Waals surface area contributed by atoms with Gasteiger partial charge in [0.25, 0.3) is 0 Å². The van der Waals surface area contributed by atoms with Gasteiger partial charge in [0.1, 0.15) is 11.5 Å². The molecule has 0 aromatic heterocycles. The SMILES string of the molecule is COc1cc(/C=C/C(=O)NCC(=O)Nc2c(C)cccc2C)cc(OC)c1. The van der Waals surface area contributed by atoms with E-state index in [0.29, 0.717) is 11.5 Å². The minimum atomic E-state index is -0.367. The summed E-state index contributed by atoms with van der Waals surface area (Å²) in [5.41, 5.74) is 3.47. The number of benzene rings is 2. The highest BCUT2D eigenvalue weighted by atomic mass is 16.5. The molecule has 0 bridgehead atoms. The van der Waals surface area contributed by atoms with Gasteiger partial charge in [-0.2, -0.15) is 0 Å². The summed E-state index contributed by atoms with van der Waals surface area (Å²) < 4.78 is 10.4. The molecule has 27 heavy (non-hydrogen) atoms. The average molecular weight is 368 g/mol. The molecule has 2 N–H and O–H groups in total. The maximum Gasteiger partial charge on any atom is 0.244 e. The lowest BCUT2D eigenvalue weighted by Gasteiger charge is -2.11. The van der Waals surface area contributed by atoms with Gasteiger partial charge in [-0.3, -0.25) is 9.59 Å². The molecule has 0 radical (unpaired) electrons. The van der Waals surface area contributed by atoms with E-state index in [1.165, 1.54) is 6.08 Å². The Kier molecular flexibility index (Phi) is 7.00. The van der Waals surface area contributed by atoms with Crippen LogP contribution in [0.25, 0.3) is 6.08 Å². The first kappa shape index (κ1) is 20.0. The van der Waals surface area contributed by atoms with Gasteiger partial charge in [0.05, 0.1) is 20.8 Å². The fourth-order valence-electron chi connectivity index (χ4n) is 2.52. The van der Waals surface area contributed by atoms with Crippen LogP contribution in [0.2, 0.25) is 0 Å². The molecule has 0 unspecified atom stereocenters. The zero-order valence-electron chi connectivity index (χ0n) is 16.0. The van der Waals surface area contributed by atoms with Crippen LogP contribution in [-0.2, 0) is 9.59 Å². The number of rotatable bonds is 7. The lowest BCUT2D eigenvalue weighted by atomic mass is 10.1. The normalized spacial score (nSPS) is 10.5. The van der Waals surface area contributed by atoms with Gasteiger partial charge < -0.3 is 20.1 Å². The fourth-order valence-corrected chi connectivity index (χ4v) is 2.52. The lowest BCUT2D eigenvalue weighted by Crippen LogP contribution is -2.32. The number of carbonyl (C=O) groups is 2. The van der Waals surface area contributed by atoms with Gasteiger partial charge in [-0.05, 0) is 48.7 Å². The van der Waals surface area contributed by atoms with E-state index in [1.54, 1.807) is 38.5 Å². The molecular formula is C21H24N2O4. The molecule has 142 valence electrons. The summed E-state index contributed by atoms with van der Waals surface area (Å²) in [5, 5.41) is 5.40. The monoisotopic (exact) mass is 368 g/mol. The molecule has 0 aliphatic carbocycles. The van der Waals surface area contributed by atoms with Gasteiger partial charge >= 0.3 is 0 Å². The standard InChI is InChI=1S/C21H24N2O4/c1-14-6-5-7-15(2)21(14)23-20(25)13-22-19(24)9-8-16-10-17(26-3)12-18(11-16)27-4/h5-12H,13H2,1-4H3,(H,22,24)(H,23,25)/b9-8+. The van der Waals surface area contributed by atoms with E-state index in [4.69, 9.17) is 9.47 Å². The van der Waals surface area contributed by atoms with Crippen molar-refractivity contribution in [3.8, 4) is 11.5 Å². The topological polar surface area (TPSA) is 76.7 Å². The first-order chi connectivity index (χ1) is 12.9. The number of anilines is 1. The van der Waals surface area contributed by atoms with E-state index in [0.717, 1.165) is 22.4 Å². The second kappa shape index (κ2) is 9.43. The molecule has 2 aromatic carbocycles. The summed E-state index contributed by atoms with van der Waals surface area (Å²) in [4.78, 5) is 24.1. The summed E-state index contributed by atoms with van der Waals surface area (Å²) in [7, 11) is 3.12. The van der Waals surface area contributed by atoms with Crippen molar-refractivity contribution in [2.75, 3.05) is 26.1 Å². The highest BCUT2D eigenvalue weighted by Crippen LogP contribution is 2.23. The van der Waals surface area contributed by atoms with Gasteiger partial charge in [-0.1, -0.05) is 18.2 Å². The highest BCUT2D eigenvalue weighted by molar-refractivity contribution is 5.98. The van der Waals surface area contributed by atoms with E-state index < -0.39 is 0 Å². The van der Waals surface area contributed by atoms with E-state index in [-0.39, 0.29) is 18.4 Å². The number of methoxy groups -OCH3 is 2. The van der Waals surface area contributed by atoms with Crippen LogP contribution in [0.3, 0.4) is 0 Å². The van der Waals surface area contributed by atoms with Gasteiger partial charge in [-0.25, -0.2) is 0 Å². The number of nitrogens with one attached hydrogen (secondary N) is 2. The molecule has 0 heterocycles. The molecule has 2 amide bonds. The predicted octanol–water partition coefficient (Wildman–Crippen LogP) is 3.09. The Balaban J connectivity index is 1.92. The van der Waals surface area contributed by atoms with E-state index in [2.05, 4.69) is 10.6 Å². The van der Waals surface area contributed by atoms with Crippen LogP contribution < -0.4 is 20.1 Å². The quantitative estimate of drug-likeness (QED) is 0.737. The average Bonchev–Trinajstić information content (AvgIpc) is 2.67. The molecule has 0 saturated heterocycles. The largest absolute Gasteiger partial charge is 0.497 e. The van der Waals surface area contributed by atoms with E-state index in [9.17, 15) is 9.59 Å². The van der Waals surface area contributed by atoms with Crippen molar-refractivity contribution in [1.82, 2.24) is 5.32 Å². The third-order valence-electron chi connectivity index (χ3n) is 3.97. The molecule has 0 aliphatic rings. The first-order valence-electron chi connectivity index (χ1n) is 8.48. The minimum absolute atomic E-state index is 0.113. The van der Waals surface area contributed by atoms with Crippen LogP contribution >= 0.6 is 0 Å². The molecule has 2 rings (SSSR count). The molecular weight excluding hydrogens is 344 g/mol. The Labute approximate surface area is 159 Å². The number of para-hydroxylation sites is 1. The molecule has 0 aliphatic heterocycles. The Morgan fingerprint density at radius 3 is 2.15 bits per heavy atom. The molecule has 0 atom stereocenters. The minimum Gasteiger partial charge on any atom is -0.497 e. The second-order valence-electron chi connectivity index (χ2n) is 6.01. The smallest absolute Gasteiger partial charge is 0.244 e. The van der Waals surface area contributed by atoms with Gasteiger partial charge in [0, 0.05) is 17.8 Å². The van der Waals surface area contributed by atoms with Crippen molar-refractivity contribution in [2.24, 2.45) is 0 Å². The fraction of sp³-hybridized carbons (Fsp3) is 0.238. The molecule has 2 aromatic rings. The van der Waals surface area contributed by atoms with E-state index in [1.807, 2.05) is 32.0 Å². The summed E-state index contributed by atoms with van der Waals surface area (Å²) in [6.45, 7) is 3.73. The summed E-state index contributed by atoms with van der Waals surface area (Å²) in [6, 6.07) is 11.1. The second-order valence-corrected chi connectivity index (χ2v) is 6.01. The van der Waals surface area contributed by atoms with Crippen LogP contribution in [0.15, 0.2) is 42.5 Å². The number of amides is 2. The van der Waals surface area contributed by atoms with Crippen LogP contribution in [-0.4, -0.2) is 32.6 Å². The maximum atomic E-state index is 12.1. The Hall–Kier alpha value is -3.28.